The molecule has 5 nitrogen and oxygen atoms in total. The van der Waals surface area contributed by atoms with E-state index in [9.17, 15) is 4.79 Å². The van der Waals surface area contributed by atoms with Gasteiger partial charge in [-0.3, -0.25) is 4.67 Å². The van der Waals surface area contributed by atoms with Gasteiger partial charge in [0.2, 0.25) is 0 Å². The van der Waals surface area contributed by atoms with E-state index in [1.807, 2.05) is 20.8 Å². The molecule has 0 saturated carbocycles. The molecule has 0 aromatic rings. The minimum atomic E-state index is -0.460. The molecular formula is C13H29N2O3P. The van der Waals surface area contributed by atoms with Gasteiger partial charge in [0.1, 0.15) is 5.60 Å². The van der Waals surface area contributed by atoms with E-state index in [2.05, 4.69) is 37.7 Å². The summed E-state index contributed by atoms with van der Waals surface area (Å²) in [4.78, 5) is 11.4. The summed E-state index contributed by atoms with van der Waals surface area (Å²) in [6, 6.07) is 0.911. The monoisotopic (exact) mass is 292 g/mol. The predicted molar refractivity (Wildman–Crippen MR) is 80.6 cm³/mol. The molecule has 0 bridgehead atoms. The molecule has 0 aliphatic rings. The van der Waals surface area contributed by atoms with Crippen LogP contribution in [0.3, 0.4) is 0 Å². The number of carbonyl (C=O) groups is 1. The van der Waals surface area contributed by atoms with E-state index in [0.29, 0.717) is 34.2 Å². The summed E-state index contributed by atoms with van der Waals surface area (Å²) in [6.45, 7) is 15.1. The van der Waals surface area contributed by atoms with E-state index in [0.717, 1.165) is 0 Å². The smallest absolute Gasteiger partial charge is 0.407 e. The van der Waals surface area contributed by atoms with E-state index in [4.69, 9.17) is 9.26 Å². The number of ether oxygens (including phenoxy) is 1. The number of hydrogen-bond donors (Lipinski definition) is 1. The van der Waals surface area contributed by atoms with Gasteiger partial charge in [-0.05, 0) is 48.5 Å². The van der Waals surface area contributed by atoms with Crippen LogP contribution in [0, 0.1) is 0 Å². The van der Waals surface area contributed by atoms with Crippen molar-refractivity contribution in [2.24, 2.45) is 0 Å². The summed E-state index contributed by atoms with van der Waals surface area (Å²) in [7, 11) is 0.318. The normalized spacial score (nSPS) is 12.9. The van der Waals surface area contributed by atoms with Gasteiger partial charge >= 0.3 is 6.09 Å². The zero-order valence-corrected chi connectivity index (χ0v) is 14.2. The lowest BCUT2D eigenvalue weighted by Crippen LogP contribution is -2.34. The lowest BCUT2D eigenvalue weighted by Gasteiger charge is -2.29. The minimum Gasteiger partial charge on any atom is -0.444 e. The third-order valence-electron chi connectivity index (χ3n) is 2.15. The number of rotatable bonds is 7. The molecule has 0 spiro atoms. The highest BCUT2D eigenvalue weighted by molar-refractivity contribution is 7.29. The summed E-state index contributed by atoms with van der Waals surface area (Å²) in [5, 5.41) is 2.67. The fourth-order valence-electron chi connectivity index (χ4n) is 1.45. The van der Waals surface area contributed by atoms with Crippen LogP contribution >= 0.6 is 8.96 Å². The Morgan fingerprint density at radius 2 is 1.74 bits per heavy atom. The fourth-order valence-corrected chi connectivity index (χ4v) is 2.21. The van der Waals surface area contributed by atoms with Gasteiger partial charge in [-0.1, -0.05) is 0 Å². The molecule has 0 fully saturated rings. The van der Waals surface area contributed by atoms with Crippen molar-refractivity contribution in [3.63, 3.8) is 0 Å². The van der Waals surface area contributed by atoms with Crippen LogP contribution in [0.4, 0.5) is 4.79 Å². The van der Waals surface area contributed by atoms with Gasteiger partial charge in [-0.25, -0.2) is 4.79 Å². The van der Waals surface area contributed by atoms with Crippen LogP contribution < -0.4 is 5.32 Å². The largest absolute Gasteiger partial charge is 0.444 e. The fraction of sp³-hybridized carbons (Fsp3) is 0.923. The average molecular weight is 292 g/mol. The molecular weight excluding hydrogens is 263 g/mol. The van der Waals surface area contributed by atoms with Crippen LogP contribution in [0.25, 0.3) is 0 Å². The number of nitrogens with one attached hydrogen (secondary N) is 1. The molecule has 6 heteroatoms. The lowest BCUT2D eigenvalue weighted by atomic mass is 10.2. The average Bonchev–Trinajstić information content (AvgIpc) is 2.19. The lowest BCUT2D eigenvalue weighted by molar-refractivity contribution is 0.0520. The molecule has 1 amide bonds. The first-order valence-electron chi connectivity index (χ1n) is 6.76. The van der Waals surface area contributed by atoms with Gasteiger partial charge in [0.15, 0.2) is 0 Å². The Hall–Kier alpha value is -0.380. The second-order valence-electron chi connectivity index (χ2n) is 5.96. The number of alkyl carbamates (subject to hydrolysis) is 1. The standard InChI is InChI=1S/C13H29N2O3P/c1-10(2)15(11(3)4)19-17-9-8-14-12(16)18-13(5,6)7/h10-11,19H,8-9H2,1-7H3,(H,14,16). The van der Waals surface area contributed by atoms with Crippen LogP contribution in [0.5, 0.6) is 0 Å². The Kier molecular flexibility index (Phi) is 8.55. The van der Waals surface area contributed by atoms with Gasteiger partial charge in [0, 0.05) is 18.6 Å². The Balaban J connectivity index is 3.73. The summed E-state index contributed by atoms with van der Waals surface area (Å²) in [5.41, 5.74) is -0.460. The third kappa shape index (κ3) is 10.1. The molecule has 0 saturated heterocycles. The SMILES string of the molecule is CC(C)N(POCCNC(=O)OC(C)(C)C)C(C)C. The highest BCUT2D eigenvalue weighted by Gasteiger charge is 2.16. The highest BCUT2D eigenvalue weighted by atomic mass is 31.1. The van der Waals surface area contributed by atoms with E-state index >= 15 is 0 Å². The van der Waals surface area contributed by atoms with Crippen LogP contribution in [-0.4, -0.2) is 41.6 Å². The second-order valence-corrected chi connectivity index (χ2v) is 6.95. The van der Waals surface area contributed by atoms with Crippen LogP contribution in [0.15, 0.2) is 0 Å². The Bertz CT molecular complexity index is 257. The minimum absolute atomic E-state index is 0.318. The molecule has 0 aromatic carbocycles. The number of carbonyl (C=O) groups excluding carboxylic acids is 1. The van der Waals surface area contributed by atoms with E-state index < -0.39 is 11.7 Å². The number of amides is 1. The molecule has 0 heterocycles. The van der Waals surface area contributed by atoms with Gasteiger partial charge in [-0.15, -0.1) is 0 Å². The molecule has 0 aliphatic heterocycles. The van der Waals surface area contributed by atoms with E-state index in [1.54, 1.807) is 0 Å². The van der Waals surface area contributed by atoms with Gasteiger partial charge < -0.3 is 14.6 Å². The third-order valence-corrected chi connectivity index (χ3v) is 3.73. The topological polar surface area (TPSA) is 50.8 Å². The molecule has 1 atom stereocenters. The Morgan fingerprint density at radius 1 is 1.21 bits per heavy atom. The van der Waals surface area contributed by atoms with Gasteiger partial charge in [-0.2, -0.15) is 0 Å². The number of hydrogen-bond acceptors (Lipinski definition) is 4. The number of nitrogens with zero attached hydrogens (tertiary/aromatic N) is 1. The van der Waals surface area contributed by atoms with E-state index in [-0.39, 0.29) is 0 Å². The molecule has 19 heavy (non-hydrogen) atoms. The van der Waals surface area contributed by atoms with E-state index in [1.165, 1.54) is 0 Å². The van der Waals surface area contributed by atoms with Crippen molar-refractivity contribution in [1.29, 1.82) is 0 Å². The Labute approximate surface area is 119 Å². The molecule has 1 N–H and O–H groups in total. The maximum Gasteiger partial charge on any atom is 0.407 e. The Morgan fingerprint density at radius 3 is 2.16 bits per heavy atom. The van der Waals surface area contributed by atoms with Crippen molar-refractivity contribution in [3.8, 4) is 0 Å². The molecule has 114 valence electrons. The first-order chi connectivity index (χ1) is 8.63. The van der Waals surface area contributed by atoms with Crippen molar-refractivity contribution < 1.29 is 14.1 Å². The van der Waals surface area contributed by atoms with Crippen molar-refractivity contribution in [2.45, 2.75) is 66.2 Å². The van der Waals surface area contributed by atoms with Crippen LogP contribution in [-0.2, 0) is 9.26 Å². The van der Waals surface area contributed by atoms with Crippen molar-refractivity contribution in [2.75, 3.05) is 13.2 Å². The summed E-state index contributed by atoms with van der Waals surface area (Å²) < 4.78 is 13.0. The van der Waals surface area contributed by atoms with Crippen molar-refractivity contribution in [3.05, 3.63) is 0 Å². The second kappa shape index (κ2) is 8.72. The first kappa shape index (κ1) is 18.6. The van der Waals surface area contributed by atoms with Crippen molar-refractivity contribution >= 4 is 15.1 Å². The van der Waals surface area contributed by atoms with Gasteiger partial charge in [0.25, 0.3) is 0 Å². The molecule has 1 unspecified atom stereocenters. The van der Waals surface area contributed by atoms with Crippen molar-refractivity contribution in [1.82, 2.24) is 9.99 Å². The zero-order chi connectivity index (χ0) is 15.1. The molecule has 0 aromatic heterocycles. The quantitative estimate of drug-likeness (QED) is 0.578. The predicted octanol–water partition coefficient (Wildman–Crippen LogP) is 3.16. The molecule has 0 aliphatic carbocycles. The summed E-state index contributed by atoms with van der Waals surface area (Å²) >= 11 is 0. The highest BCUT2D eigenvalue weighted by Crippen LogP contribution is 2.25. The zero-order valence-electron chi connectivity index (χ0n) is 13.2. The maximum atomic E-state index is 11.4. The molecule has 0 rings (SSSR count). The first-order valence-corrected chi connectivity index (χ1v) is 7.61. The molecule has 0 radical (unpaired) electrons. The summed E-state index contributed by atoms with van der Waals surface area (Å²) in [6.07, 6.45) is -0.399. The maximum absolute atomic E-state index is 11.4. The van der Waals surface area contributed by atoms with Crippen LogP contribution in [0.1, 0.15) is 48.5 Å². The van der Waals surface area contributed by atoms with Crippen LogP contribution in [0.2, 0.25) is 0 Å². The van der Waals surface area contributed by atoms with Gasteiger partial charge in [0.05, 0.1) is 15.6 Å². The summed E-state index contributed by atoms with van der Waals surface area (Å²) in [5.74, 6) is 0.